The van der Waals surface area contributed by atoms with E-state index in [1.54, 1.807) is 18.3 Å². The van der Waals surface area contributed by atoms with Crippen molar-refractivity contribution in [3.63, 3.8) is 0 Å². The number of anilines is 1. The van der Waals surface area contributed by atoms with E-state index in [1.165, 1.54) is 6.20 Å². The third-order valence-corrected chi connectivity index (χ3v) is 4.90. The summed E-state index contributed by atoms with van der Waals surface area (Å²) < 4.78 is 0. The summed E-state index contributed by atoms with van der Waals surface area (Å²) in [5.74, 6) is -0.761. The minimum atomic E-state index is -0.364. The van der Waals surface area contributed by atoms with Gasteiger partial charge in [-0.3, -0.25) is 14.6 Å². The van der Waals surface area contributed by atoms with Crippen LogP contribution >= 0.6 is 0 Å². The molecule has 2 heterocycles. The summed E-state index contributed by atoms with van der Waals surface area (Å²) in [6, 6.07) is 18.9. The van der Waals surface area contributed by atoms with Crippen molar-refractivity contribution in [2.24, 2.45) is 5.73 Å². The number of rotatable bonds is 6. The molecule has 4 aromatic rings. The van der Waals surface area contributed by atoms with Gasteiger partial charge in [0.25, 0.3) is 5.91 Å². The Bertz CT molecular complexity index is 1150. The monoisotopic (exact) mass is 384 g/mol. The Balaban J connectivity index is 1.62. The molecule has 1 unspecified atom stereocenters. The van der Waals surface area contributed by atoms with Crippen LogP contribution in [0.2, 0.25) is 0 Å². The van der Waals surface area contributed by atoms with Gasteiger partial charge in [0.1, 0.15) is 0 Å². The van der Waals surface area contributed by atoms with E-state index in [0.29, 0.717) is 11.3 Å². The Morgan fingerprint density at radius 1 is 1.03 bits per heavy atom. The number of hydrogen-bond donors (Lipinski definition) is 3. The predicted molar refractivity (Wildman–Crippen MR) is 113 cm³/mol. The smallest absolute Gasteiger partial charge is 0.257 e. The second-order valence-electron chi connectivity index (χ2n) is 6.83. The molecule has 0 aliphatic rings. The SMILES string of the molecule is NC(=O)CC(c1ccc(NC(=O)c2cccnc2)cc1)c1cccc2[nH]ccc12. The molecule has 6 nitrogen and oxygen atoms in total. The highest BCUT2D eigenvalue weighted by molar-refractivity contribution is 6.04. The average Bonchev–Trinajstić information content (AvgIpc) is 3.22. The first kappa shape index (κ1) is 18.4. The Morgan fingerprint density at radius 3 is 2.59 bits per heavy atom. The van der Waals surface area contributed by atoms with E-state index in [1.807, 2.05) is 54.7 Å². The quantitative estimate of drug-likeness (QED) is 0.471. The van der Waals surface area contributed by atoms with Crippen LogP contribution in [0.4, 0.5) is 5.69 Å². The van der Waals surface area contributed by atoms with Crippen LogP contribution in [0.1, 0.15) is 33.8 Å². The number of fused-ring (bicyclic) bond motifs is 1. The van der Waals surface area contributed by atoms with Crippen LogP contribution in [0, 0.1) is 0 Å². The number of nitrogens with zero attached hydrogens (tertiary/aromatic N) is 1. The van der Waals surface area contributed by atoms with E-state index in [4.69, 9.17) is 5.73 Å². The second-order valence-corrected chi connectivity index (χ2v) is 6.83. The maximum absolute atomic E-state index is 12.3. The number of carbonyl (C=O) groups is 2. The molecule has 0 bridgehead atoms. The molecule has 6 heteroatoms. The lowest BCUT2D eigenvalue weighted by Crippen LogP contribution is -2.16. The number of nitrogens with two attached hydrogens (primary N) is 1. The zero-order valence-corrected chi connectivity index (χ0v) is 15.6. The molecule has 1 atom stereocenters. The maximum atomic E-state index is 12.3. The molecule has 0 fully saturated rings. The van der Waals surface area contributed by atoms with Crippen molar-refractivity contribution in [2.75, 3.05) is 5.32 Å². The Hall–Kier alpha value is -3.93. The van der Waals surface area contributed by atoms with E-state index in [0.717, 1.165) is 22.0 Å². The van der Waals surface area contributed by atoms with E-state index < -0.39 is 0 Å². The van der Waals surface area contributed by atoms with E-state index in [2.05, 4.69) is 15.3 Å². The predicted octanol–water partition coefficient (Wildman–Crippen LogP) is 3.82. The molecular weight excluding hydrogens is 364 g/mol. The minimum absolute atomic E-state index is 0.171. The lowest BCUT2D eigenvalue weighted by Gasteiger charge is -2.18. The Labute approximate surface area is 167 Å². The van der Waals surface area contributed by atoms with Gasteiger partial charge in [-0.1, -0.05) is 24.3 Å². The zero-order valence-electron chi connectivity index (χ0n) is 15.6. The summed E-state index contributed by atoms with van der Waals surface area (Å²) in [4.78, 5) is 31.2. The van der Waals surface area contributed by atoms with Gasteiger partial charge in [0.15, 0.2) is 0 Å². The van der Waals surface area contributed by atoms with Crippen LogP contribution in [-0.4, -0.2) is 21.8 Å². The van der Waals surface area contributed by atoms with Crippen molar-refractivity contribution >= 4 is 28.4 Å². The molecule has 144 valence electrons. The third kappa shape index (κ3) is 4.01. The highest BCUT2D eigenvalue weighted by Gasteiger charge is 2.19. The number of pyridine rings is 1. The molecule has 29 heavy (non-hydrogen) atoms. The van der Waals surface area contributed by atoms with Crippen LogP contribution in [0.5, 0.6) is 0 Å². The molecular formula is C23H20N4O2. The molecule has 0 aliphatic carbocycles. The van der Waals surface area contributed by atoms with Gasteiger partial charge in [0.2, 0.25) is 5.91 Å². The Kier molecular flexibility index (Phi) is 5.07. The summed E-state index contributed by atoms with van der Waals surface area (Å²) in [5.41, 5.74) is 9.70. The van der Waals surface area contributed by atoms with Gasteiger partial charge in [0.05, 0.1) is 5.56 Å². The summed E-state index contributed by atoms with van der Waals surface area (Å²) in [6.07, 6.45) is 5.22. The molecule has 0 saturated carbocycles. The van der Waals surface area contributed by atoms with Crippen LogP contribution in [0.25, 0.3) is 10.9 Å². The van der Waals surface area contributed by atoms with Gasteiger partial charge >= 0.3 is 0 Å². The summed E-state index contributed by atoms with van der Waals surface area (Å²) in [5, 5.41) is 3.92. The summed E-state index contributed by atoms with van der Waals surface area (Å²) >= 11 is 0. The number of nitrogens with one attached hydrogen (secondary N) is 2. The van der Waals surface area contributed by atoms with Crippen molar-refractivity contribution in [3.05, 3.63) is 95.9 Å². The number of aromatic amines is 1. The van der Waals surface area contributed by atoms with E-state index >= 15 is 0 Å². The van der Waals surface area contributed by atoms with E-state index in [9.17, 15) is 9.59 Å². The number of primary amides is 1. The third-order valence-electron chi connectivity index (χ3n) is 4.90. The summed E-state index contributed by atoms with van der Waals surface area (Å²) in [6.45, 7) is 0. The van der Waals surface area contributed by atoms with Gasteiger partial charge in [-0.25, -0.2) is 0 Å². The highest BCUT2D eigenvalue weighted by Crippen LogP contribution is 2.33. The molecule has 0 saturated heterocycles. The van der Waals surface area contributed by atoms with Crippen LogP contribution in [0.15, 0.2) is 79.3 Å². The number of amides is 2. The fourth-order valence-electron chi connectivity index (χ4n) is 3.52. The fraction of sp³-hybridized carbons (Fsp3) is 0.0870. The molecule has 2 aromatic heterocycles. The Morgan fingerprint density at radius 2 is 1.86 bits per heavy atom. The van der Waals surface area contributed by atoms with Crippen LogP contribution in [0.3, 0.4) is 0 Å². The van der Waals surface area contributed by atoms with Crippen LogP contribution < -0.4 is 11.1 Å². The van der Waals surface area contributed by atoms with Gasteiger partial charge < -0.3 is 16.0 Å². The normalized spacial score (nSPS) is 11.9. The van der Waals surface area contributed by atoms with Crippen molar-refractivity contribution in [1.82, 2.24) is 9.97 Å². The average molecular weight is 384 g/mol. The van der Waals surface area contributed by atoms with Crippen molar-refractivity contribution < 1.29 is 9.59 Å². The molecule has 2 aromatic carbocycles. The van der Waals surface area contributed by atoms with Crippen molar-refractivity contribution in [2.45, 2.75) is 12.3 Å². The lowest BCUT2D eigenvalue weighted by molar-refractivity contribution is -0.118. The first-order valence-corrected chi connectivity index (χ1v) is 9.27. The topological polar surface area (TPSA) is 101 Å². The largest absolute Gasteiger partial charge is 0.370 e. The number of hydrogen-bond acceptors (Lipinski definition) is 3. The highest BCUT2D eigenvalue weighted by atomic mass is 16.2. The molecule has 0 aliphatic heterocycles. The van der Waals surface area contributed by atoms with Crippen molar-refractivity contribution in [1.29, 1.82) is 0 Å². The summed E-state index contributed by atoms with van der Waals surface area (Å²) in [7, 11) is 0. The van der Waals surface area contributed by atoms with Gasteiger partial charge in [-0.15, -0.1) is 0 Å². The first-order valence-electron chi connectivity index (χ1n) is 9.27. The molecule has 4 N–H and O–H groups in total. The van der Waals surface area contributed by atoms with E-state index in [-0.39, 0.29) is 24.2 Å². The van der Waals surface area contributed by atoms with Crippen molar-refractivity contribution in [3.8, 4) is 0 Å². The molecule has 4 rings (SSSR count). The molecule has 2 amide bonds. The van der Waals surface area contributed by atoms with Crippen LogP contribution in [-0.2, 0) is 4.79 Å². The maximum Gasteiger partial charge on any atom is 0.257 e. The standard InChI is InChI=1S/C23H20N4O2/c24-22(28)13-20(18-4-1-5-21-19(18)10-12-26-21)15-6-8-17(9-7-15)27-23(29)16-3-2-11-25-14-16/h1-12,14,20,26H,13H2,(H2,24,28)(H,27,29). The number of benzene rings is 2. The second kappa shape index (κ2) is 7.98. The van der Waals surface area contributed by atoms with Gasteiger partial charge in [0, 0.05) is 47.5 Å². The number of H-pyrrole nitrogens is 1. The first-order chi connectivity index (χ1) is 14.1. The number of carbonyl (C=O) groups excluding carboxylic acids is 2. The zero-order chi connectivity index (χ0) is 20.2. The number of aromatic nitrogens is 2. The fourth-order valence-corrected chi connectivity index (χ4v) is 3.52. The van der Waals surface area contributed by atoms with Gasteiger partial charge in [-0.05, 0) is 47.5 Å². The lowest BCUT2D eigenvalue weighted by atomic mass is 9.86. The van der Waals surface area contributed by atoms with Gasteiger partial charge in [-0.2, -0.15) is 0 Å². The molecule has 0 spiro atoms. The molecule has 0 radical (unpaired) electrons. The minimum Gasteiger partial charge on any atom is -0.370 e.